The van der Waals surface area contributed by atoms with Gasteiger partial charge in [-0.2, -0.15) is 5.10 Å². The van der Waals surface area contributed by atoms with Gasteiger partial charge in [0.2, 0.25) is 5.91 Å². The van der Waals surface area contributed by atoms with Gasteiger partial charge < -0.3 is 10.2 Å². The molecular weight excluding hydrogens is 204 g/mol. The van der Waals surface area contributed by atoms with Crippen LogP contribution in [0, 0.1) is 0 Å². The third-order valence-corrected chi connectivity index (χ3v) is 2.84. The largest absolute Gasteiger partial charge is 0.336 e. The molecule has 1 amide bonds. The third-order valence-electron chi connectivity index (χ3n) is 2.84. The van der Waals surface area contributed by atoms with Crippen molar-refractivity contribution in [2.45, 2.75) is 25.9 Å². The number of carbonyl (C=O) groups excluding carboxylic acids is 1. The first-order valence-electron chi connectivity index (χ1n) is 5.79. The molecule has 0 aliphatic carbocycles. The van der Waals surface area contributed by atoms with Crippen molar-refractivity contribution in [1.29, 1.82) is 0 Å². The number of nitrogens with one attached hydrogen (secondary N) is 1. The lowest BCUT2D eigenvalue weighted by molar-refractivity contribution is -0.135. The normalized spacial score (nSPS) is 15.8. The molecule has 1 aromatic rings. The zero-order valence-electron chi connectivity index (χ0n) is 9.59. The minimum Gasteiger partial charge on any atom is -0.336 e. The van der Waals surface area contributed by atoms with Crippen LogP contribution in [0.2, 0.25) is 0 Å². The van der Waals surface area contributed by atoms with Gasteiger partial charge in [-0.3, -0.25) is 9.48 Å². The van der Waals surface area contributed by atoms with Gasteiger partial charge in [-0.05, 0) is 12.5 Å². The molecule has 0 radical (unpaired) electrons. The summed E-state index contributed by atoms with van der Waals surface area (Å²) >= 11 is 0. The molecule has 0 aromatic carbocycles. The highest BCUT2D eigenvalue weighted by atomic mass is 16.2. The summed E-state index contributed by atoms with van der Waals surface area (Å²) in [6, 6.07) is 2.21. The molecule has 1 fully saturated rings. The monoisotopic (exact) mass is 222 g/mol. The fraction of sp³-hybridized carbons (Fsp3) is 0.636. The molecule has 1 aliphatic rings. The van der Waals surface area contributed by atoms with Crippen molar-refractivity contribution in [3.63, 3.8) is 0 Å². The Labute approximate surface area is 95.4 Å². The van der Waals surface area contributed by atoms with Crippen LogP contribution in [-0.4, -0.2) is 46.3 Å². The molecular formula is C11H18N4O. The second-order valence-electron chi connectivity index (χ2n) is 4.10. The molecule has 0 bridgehead atoms. The maximum Gasteiger partial charge on any atom is 0.244 e. The number of carbonyl (C=O) groups is 1. The lowest BCUT2D eigenvalue weighted by Crippen LogP contribution is -2.59. The third kappa shape index (κ3) is 2.41. The van der Waals surface area contributed by atoms with Crippen molar-refractivity contribution in [2.24, 2.45) is 0 Å². The lowest BCUT2D eigenvalue weighted by Gasteiger charge is -2.38. The molecule has 5 nitrogen and oxygen atoms in total. The Kier molecular flexibility index (Phi) is 3.56. The standard InChI is InChI=1S/C11H18N4O/c1-2-5-15(10-7-12-8-10)11(16)9-14-6-3-4-13-14/h3-4,6,10,12H,2,5,7-9H2,1H3. The molecule has 1 aromatic heterocycles. The molecule has 1 aliphatic heterocycles. The highest BCUT2D eigenvalue weighted by Gasteiger charge is 2.27. The van der Waals surface area contributed by atoms with Gasteiger partial charge in [-0.1, -0.05) is 6.92 Å². The first-order valence-corrected chi connectivity index (χ1v) is 5.79. The number of nitrogens with zero attached hydrogens (tertiary/aromatic N) is 3. The van der Waals surface area contributed by atoms with Crippen molar-refractivity contribution < 1.29 is 4.79 Å². The van der Waals surface area contributed by atoms with Gasteiger partial charge in [0.15, 0.2) is 0 Å². The minimum absolute atomic E-state index is 0.164. The van der Waals surface area contributed by atoms with Gasteiger partial charge in [0.25, 0.3) is 0 Å². The fourth-order valence-corrected chi connectivity index (χ4v) is 1.87. The Hall–Kier alpha value is -1.36. The van der Waals surface area contributed by atoms with E-state index in [1.165, 1.54) is 0 Å². The van der Waals surface area contributed by atoms with E-state index in [1.54, 1.807) is 10.9 Å². The number of hydrogen-bond donors (Lipinski definition) is 1. The Morgan fingerprint density at radius 1 is 1.62 bits per heavy atom. The van der Waals surface area contributed by atoms with Gasteiger partial charge in [-0.15, -0.1) is 0 Å². The summed E-state index contributed by atoms with van der Waals surface area (Å²) in [6.45, 7) is 5.13. The number of amides is 1. The SMILES string of the molecule is CCCN(C(=O)Cn1cccn1)C1CNC1. The summed E-state index contributed by atoms with van der Waals surface area (Å²) < 4.78 is 1.68. The second-order valence-corrected chi connectivity index (χ2v) is 4.10. The summed E-state index contributed by atoms with van der Waals surface area (Å²) in [5.41, 5.74) is 0. The van der Waals surface area contributed by atoms with E-state index in [0.717, 1.165) is 26.1 Å². The first-order chi connectivity index (χ1) is 7.81. The zero-order valence-corrected chi connectivity index (χ0v) is 9.59. The molecule has 2 rings (SSSR count). The van der Waals surface area contributed by atoms with E-state index in [2.05, 4.69) is 17.3 Å². The van der Waals surface area contributed by atoms with E-state index < -0.39 is 0 Å². The number of rotatable bonds is 5. The highest BCUT2D eigenvalue weighted by molar-refractivity contribution is 5.76. The molecule has 1 saturated heterocycles. The van der Waals surface area contributed by atoms with Crippen LogP contribution in [0.3, 0.4) is 0 Å². The molecule has 5 heteroatoms. The van der Waals surface area contributed by atoms with Gasteiger partial charge in [0, 0.05) is 32.0 Å². The molecule has 0 atom stereocenters. The van der Waals surface area contributed by atoms with E-state index in [0.29, 0.717) is 12.6 Å². The molecule has 16 heavy (non-hydrogen) atoms. The predicted molar refractivity (Wildman–Crippen MR) is 60.9 cm³/mol. The van der Waals surface area contributed by atoms with E-state index in [4.69, 9.17) is 0 Å². The van der Waals surface area contributed by atoms with Crippen LogP contribution in [0.5, 0.6) is 0 Å². The predicted octanol–water partition coefficient (Wildman–Crippen LogP) is 0.0935. The highest BCUT2D eigenvalue weighted by Crippen LogP contribution is 2.07. The van der Waals surface area contributed by atoms with E-state index >= 15 is 0 Å². The average Bonchev–Trinajstić information content (AvgIpc) is 2.67. The van der Waals surface area contributed by atoms with Crippen LogP contribution in [0.15, 0.2) is 18.5 Å². The minimum atomic E-state index is 0.164. The summed E-state index contributed by atoms with van der Waals surface area (Å²) in [6.07, 6.45) is 4.52. The summed E-state index contributed by atoms with van der Waals surface area (Å²) in [5, 5.41) is 7.25. The molecule has 88 valence electrons. The van der Waals surface area contributed by atoms with Crippen molar-refractivity contribution in [3.05, 3.63) is 18.5 Å². The smallest absolute Gasteiger partial charge is 0.244 e. The van der Waals surface area contributed by atoms with Crippen molar-refractivity contribution in [2.75, 3.05) is 19.6 Å². The molecule has 1 N–H and O–H groups in total. The average molecular weight is 222 g/mol. The van der Waals surface area contributed by atoms with Crippen LogP contribution in [0.1, 0.15) is 13.3 Å². The van der Waals surface area contributed by atoms with E-state index in [9.17, 15) is 4.79 Å². The van der Waals surface area contributed by atoms with Crippen molar-refractivity contribution >= 4 is 5.91 Å². The van der Waals surface area contributed by atoms with Gasteiger partial charge >= 0.3 is 0 Å². The van der Waals surface area contributed by atoms with E-state index in [1.807, 2.05) is 17.2 Å². The van der Waals surface area contributed by atoms with Crippen molar-refractivity contribution in [3.8, 4) is 0 Å². The molecule has 2 heterocycles. The van der Waals surface area contributed by atoms with Crippen molar-refractivity contribution in [1.82, 2.24) is 20.0 Å². The lowest BCUT2D eigenvalue weighted by atomic mass is 10.1. The Bertz CT molecular complexity index is 332. The molecule has 0 saturated carbocycles. The van der Waals surface area contributed by atoms with Crippen LogP contribution in [0.4, 0.5) is 0 Å². The Morgan fingerprint density at radius 3 is 2.94 bits per heavy atom. The Morgan fingerprint density at radius 2 is 2.44 bits per heavy atom. The van der Waals surface area contributed by atoms with Gasteiger partial charge in [-0.25, -0.2) is 0 Å². The van der Waals surface area contributed by atoms with Gasteiger partial charge in [0.05, 0.1) is 6.04 Å². The van der Waals surface area contributed by atoms with Gasteiger partial charge in [0.1, 0.15) is 6.54 Å². The van der Waals surface area contributed by atoms with Crippen LogP contribution >= 0.6 is 0 Å². The quantitative estimate of drug-likeness (QED) is 0.768. The maximum atomic E-state index is 12.1. The summed E-state index contributed by atoms with van der Waals surface area (Å²) in [7, 11) is 0. The fourth-order valence-electron chi connectivity index (χ4n) is 1.87. The van der Waals surface area contributed by atoms with Crippen LogP contribution in [0.25, 0.3) is 0 Å². The second kappa shape index (κ2) is 5.12. The zero-order chi connectivity index (χ0) is 11.4. The van der Waals surface area contributed by atoms with Crippen LogP contribution in [-0.2, 0) is 11.3 Å². The first kappa shape index (κ1) is 11.1. The van der Waals surface area contributed by atoms with Crippen LogP contribution < -0.4 is 5.32 Å². The summed E-state index contributed by atoms with van der Waals surface area (Å²) in [4.78, 5) is 14.0. The maximum absolute atomic E-state index is 12.1. The molecule has 0 unspecified atom stereocenters. The topological polar surface area (TPSA) is 50.2 Å². The van der Waals surface area contributed by atoms with E-state index in [-0.39, 0.29) is 5.91 Å². The Balaban J connectivity index is 1.93. The molecule has 0 spiro atoms. The number of aromatic nitrogens is 2. The number of hydrogen-bond acceptors (Lipinski definition) is 3. The summed E-state index contributed by atoms with van der Waals surface area (Å²) in [5.74, 6) is 0.164.